The lowest BCUT2D eigenvalue weighted by molar-refractivity contribution is -0.141. The van der Waals surface area contributed by atoms with Crippen molar-refractivity contribution in [3.8, 4) is 0 Å². The summed E-state index contributed by atoms with van der Waals surface area (Å²) in [5.74, 6) is -0.297. The molecular formula is C36H47N3O4S. The topological polar surface area (TPSA) is 86.8 Å². The highest BCUT2D eigenvalue weighted by Gasteiger charge is 2.32. The van der Waals surface area contributed by atoms with Gasteiger partial charge in [0, 0.05) is 32.0 Å². The molecule has 2 amide bonds. The Morgan fingerprint density at radius 2 is 1.57 bits per heavy atom. The van der Waals surface area contributed by atoms with Crippen LogP contribution in [0.4, 0.5) is 5.69 Å². The summed E-state index contributed by atoms with van der Waals surface area (Å²) in [6, 6.07) is 22.8. The van der Waals surface area contributed by atoms with Crippen LogP contribution in [0.2, 0.25) is 0 Å². The first-order chi connectivity index (χ1) is 21.0. The molecule has 7 nitrogen and oxygen atoms in total. The Labute approximate surface area is 263 Å². The van der Waals surface area contributed by atoms with E-state index in [9.17, 15) is 18.0 Å². The maximum absolute atomic E-state index is 14.1. The van der Waals surface area contributed by atoms with Crippen LogP contribution in [-0.4, -0.2) is 50.0 Å². The summed E-state index contributed by atoms with van der Waals surface area (Å²) in [5, 5.41) is 3.28. The van der Waals surface area contributed by atoms with Crippen LogP contribution in [0, 0.1) is 20.8 Å². The molecule has 0 aliphatic heterocycles. The van der Waals surface area contributed by atoms with Crippen molar-refractivity contribution in [2.45, 2.75) is 90.8 Å². The lowest BCUT2D eigenvalue weighted by Gasteiger charge is -2.34. The summed E-state index contributed by atoms with van der Waals surface area (Å²) in [6.07, 6.45) is 7.31. The van der Waals surface area contributed by atoms with Gasteiger partial charge in [0.1, 0.15) is 6.04 Å². The number of carbonyl (C=O) groups excluding carboxylic acids is 2. The Kier molecular flexibility index (Phi) is 11.6. The summed E-state index contributed by atoms with van der Waals surface area (Å²) in [5.41, 5.74) is 5.70. The summed E-state index contributed by atoms with van der Waals surface area (Å²) in [4.78, 5) is 29.8. The van der Waals surface area contributed by atoms with Crippen LogP contribution in [0.15, 0.2) is 72.8 Å². The number of nitrogens with one attached hydrogen (secondary N) is 1. The second-order valence-corrected chi connectivity index (χ2v) is 14.2. The number of benzene rings is 3. The molecule has 1 aliphatic carbocycles. The van der Waals surface area contributed by atoms with Gasteiger partial charge in [0.15, 0.2) is 0 Å². The zero-order valence-corrected chi connectivity index (χ0v) is 27.4. The van der Waals surface area contributed by atoms with E-state index < -0.39 is 16.1 Å². The standard InChI is InChI=1S/C36H47N3O4S/c1-27-13-11-16-31(23-27)26-38(34(25-30-14-7-5-8-15-30)36(41)37-32-17-9-6-10-18-32)35(40)19-12-22-39(44(4,42)43)33-21-20-28(2)29(3)24-33/h5,7-8,11,13-16,20-21,23-24,32,34H,6,9-10,12,17-19,22,25-26H2,1-4H3,(H,37,41)/t34-/m1/s1. The molecule has 236 valence electrons. The van der Waals surface area contributed by atoms with Crippen molar-refractivity contribution < 1.29 is 18.0 Å². The van der Waals surface area contributed by atoms with Gasteiger partial charge in [-0.1, -0.05) is 85.5 Å². The van der Waals surface area contributed by atoms with E-state index in [0.717, 1.165) is 53.5 Å². The van der Waals surface area contributed by atoms with E-state index in [1.165, 1.54) is 17.0 Å². The van der Waals surface area contributed by atoms with E-state index in [2.05, 4.69) is 5.32 Å². The average molecular weight is 618 g/mol. The first-order valence-corrected chi connectivity index (χ1v) is 17.6. The van der Waals surface area contributed by atoms with Gasteiger partial charge in [-0.2, -0.15) is 0 Å². The Morgan fingerprint density at radius 1 is 0.864 bits per heavy atom. The molecule has 8 heteroatoms. The fraction of sp³-hybridized carbons (Fsp3) is 0.444. The zero-order valence-electron chi connectivity index (χ0n) is 26.6. The zero-order chi connectivity index (χ0) is 31.7. The number of anilines is 1. The minimum Gasteiger partial charge on any atom is -0.352 e. The van der Waals surface area contributed by atoms with Gasteiger partial charge in [-0.3, -0.25) is 13.9 Å². The first kappa shape index (κ1) is 33.2. The summed E-state index contributed by atoms with van der Waals surface area (Å²) >= 11 is 0. The van der Waals surface area contributed by atoms with Crippen molar-refractivity contribution in [2.75, 3.05) is 17.1 Å². The summed E-state index contributed by atoms with van der Waals surface area (Å²) in [7, 11) is -3.56. The van der Waals surface area contributed by atoms with Gasteiger partial charge in [0.05, 0.1) is 11.9 Å². The lowest BCUT2D eigenvalue weighted by Crippen LogP contribution is -2.53. The molecule has 0 saturated heterocycles. The SMILES string of the molecule is Cc1cccc(CN(C(=O)CCCN(c2ccc(C)c(C)c2)S(C)(=O)=O)[C@H](Cc2ccccc2)C(=O)NC2CCCCC2)c1. The van der Waals surface area contributed by atoms with Crippen LogP contribution in [0.25, 0.3) is 0 Å². The number of nitrogens with zero attached hydrogens (tertiary/aromatic N) is 2. The fourth-order valence-electron chi connectivity index (χ4n) is 5.99. The predicted molar refractivity (Wildman–Crippen MR) is 178 cm³/mol. The van der Waals surface area contributed by atoms with E-state index in [0.29, 0.717) is 25.1 Å². The Bertz CT molecular complexity index is 1520. The summed E-state index contributed by atoms with van der Waals surface area (Å²) in [6.45, 7) is 6.42. The molecule has 0 spiro atoms. The highest BCUT2D eigenvalue weighted by Crippen LogP contribution is 2.24. The number of carbonyl (C=O) groups is 2. The molecule has 1 aliphatic rings. The Balaban J connectivity index is 1.59. The molecule has 1 saturated carbocycles. The van der Waals surface area contributed by atoms with Crippen molar-refractivity contribution in [3.63, 3.8) is 0 Å². The number of aryl methyl sites for hydroxylation is 3. The van der Waals surface area contributed by atoms with Crippen molar-refractivity contribution >= 4 is 27.5 Å². The Morgan fingerprint density at radius 3 is 2.23 bits per heavy atom. The van der Waals surface area contributed by atoms with Crippen LogP contribution in [0.3, 0.4) is 0 Å². The third-order valence-corrected chi connectivity index (χ3v) is 9.78. The number of hydrogen-bond acceptors (Lipinski definition) is 4. The molecule has 44 heavy (non-hydrogen) atoms. The molecular weight excluding hydrogens is 570 g/mol. The van der Waals surface area contributed by atoms with Gasteiger partial charge in [-0.05, 0) is 74.4 Å². The molecule has 0 aromatic heterocycles. The van der Waals surface area contributed by atoms with E-state index in [4.69, 9.17) is 0 Å². The monoisotopic (exact) mass is 617 g/mol. The summed E-state index contributed by atoms with van der Waals surface area (Å²) < 4.78 is 26.9. The largest absolute Gasteiger partial charge is 0.352 e. The number of hydrogen-bond donors (Lipinski definition) is 1. The smallest absolute Gasteiger partial charge is 0.243 e. The van der Waals surface area contributed by atoms with Crippen molar-refractivity contribution in [1.29, 1.82) is 0 Å². The predicted octanol–water partition coefficient (Wildman–Crippen LogP) is 6.25. The number of rotatable bonds is 13. The maximum Gasteiger partial charge on any atom is 0.243 e. The van der Waals surface area contributed by atoms with Crippen molar-refractivity contribution in [1.82, 2.24) is 10.2 Å². The highest BCUT2D eigenvalue weighted by molar-refractivity contribution is 7.92. The second-order valence-electron chi connectivity index (χ2n) is 12.3. The van der Waals surface area contributed by atoms with E-state index in [1.54, 1.807) is 11.0 Å². The molecule has 1 atom stereocenters. The van der Waals surface area contributed by atoms with Gasteiger partial charge >= 0.3 is 0 Å². The van der Waals surface area contributed by atoms with Gasteiger partial charge in [-0.25, -0.2) is 8.42 Å². The fourth-order valence-corrected chi connectivity index (χ4v) is 6.95. The molecule has 4 rings (SSSR count). The molecule has 0 bridgehead atoms. The lowest BCUT2D eigenvalue weighted by atomic mass is 9.94. The van der Waals surface area contributed by atoms with Gasteiger partial charge in [0.25, 0.3) is 0 Å². The molecule has 0 radical (unpaired) electrons. The number of amides is 2. The maximum atomic E-state index is 14.1. The molecule has 1 N–H and O–H groups in total. The molecule has 0 unspecified atom stereocenters. The minimum absolute atomic E-state index is 0.116. The Hall–Kier alpha value is -3.65. The third-order valence-electron chi connectivity index (χ3n) is 8.59. The molecule has 3 aromatic carbocycles. The quantitative estimate of drug-likeness (QED) is 0.246. The van der Waals surface area contributed by atoms with Crippen LogP contribution in [0.5, 0.6) is 0 Å². The van der Waals surface area contributed by atoms with Crippen LogP contribution >= 0.6 is 0 Å². The third kappa shape index (κ3) is 9.42. The normalized spacial score (nSPS) is 14.5. The van der Waals surface area contributed by atoms with Crippen LogP contribution in [0.1, 0.15) is 72.8 Å². The van der Waals surface area contributed by atoms with Crippen LogP contribution < -0.4 is 9.62 Å². The first-order valence-electron chi connectivity index (χ1n) is 15.8. The average Bonchev–Trinajstić information content (AvgIpc) is 2.99. The molecule has 0 heterocycles. The van der Waals surface area contributed by atoms with E-state index >= 15 is 0 Å². The molecule has 3 aromatic rings. The van der Waals surface area contributed by atoms with Crippen molar-refractivity contribution in [2.24, 2.45) is 0 Å². The number of sulfonamides is 1. The van der Waals surface area contributed by atoms with Gasteiger partial charge in [0.2, 0.25) is 21.8 Å². The van der Waals surface area contributed by atoms with Crippen LogP contribution in [-0.2, 0) is 32.6 Å². The van der Waals surface area contributed by atoms with E-state index in [-0.39, 0.29) is 30.8 Å². The van der Waals surface area contributed by atoms with Gasteiger partial charge in [-0.15, -0.1) is 0 Å². The molecule has 1 fully saturated rings. The van der Waals surface area contributed by atoms with Gasteiger partial charge < -0.3 is 10.2 Å². The van der Waals surface area contributed by atoms with Crippen molar-refractivity contribution in [3.05, 3.63) is 101 Å². The van der Waals surface area contributed by atoms with E-state index in [1.807, 2.05) is 87.5 Å². The highest BCUT2D eigenvalue weighted by atomic mass is 32.2. The second kappa shape index (κ2) is 15.4. The minimum atomic E-state index is -3.56.